The van der Waals surface area contributed by atoms with E-state index in [0.717, 1.165) is 16.7 Å². The van der Waals surface area contributed by atoms with E-state index in [1.165, 1.54) is 0 Å². The van der Waals surface area contributed by atoms with Crippen LogP contribution in [0.25, 0.3) is 0 Å². The molecule has 226 valence electrons. The summed E-state index contributed by atoms with van der Waals surface area (Å²) in [4.78, 5) is 51.8. The molecule has 0 N–H and O–H groups in total. The SMILES string of the molecule is Cc1ccc(C(=O)O[C@@H]2[C@@H](OC(=O)c3ccc(C)cc3)[C@@H](Br)O[C@H](COC(=O)CCl)[C@H]2OC(=O)c2ccc(C)cc2)cc1. The van der Waals surface area contributed by atoms with Gasteiger partial charge in [-0.3, -0.25) is 4.79 Å². The van der Waals surface area contributed by atoms with Crippen molar-refractivity contribution < 1.29 is 42.9 Å². The Balaban J connectivity index is 1.70. The number of esters is 4. The van der Waals surface area contributed by atoms with E-state index in [-0.39, 0.29) is 16.7 Å². The second kappa shape index (κ2) is 14.6. The Morgan fingerprint density at radius 2 is 1.02 bits per heavy atom. The van der Waals surface area contributed by atoms with Crippen LogP contribution in [0.2, 0.25) is 0 Å². The maximum atomic E-state index is 13.4. The lowest BCUT2D eigenvalue weighted by Gasteiger charge is -2.43. The Morgan fingerprint density at radius 3 is 1.42 bits per heavy atom. The Morgan fingerprint density at radius 1 is 0.651 bits per heavy atom. The topological polar surface area (TPSA) is 114 Å². The average molecular weight is 674 g/mol. The molecule has 0 aromatic heterocycles. The molecule has 1 heterocycles. The molecule has 1 saturated heterocycles. The Hall–Kier alpha value is -3.73. The number of hydrogen-bond donors (Lipinski definition) is 0. The first-order valence-corrected chi connectivity index (χ1v) is 14.8. The molecule has 0 spiro atoms. The summed E-state index contributed by atoms with van der Waals surface area (Å²) in [5.74, 6) is -3.38. The number of alkyl halides is 2. The summed E-state index contributed by atoms with van der Waals surface area (Å²) in [5, 5.41) is -1.05. The summed E-state index contributed by atoms with van der Waals surface area (Å²) in [5.41, 5.74) is 3.50. The van der Waals surface area contributed by atoms with Crippen LogP contribution >= 0.6 is 27.5 Å². The first-order chi connectivity index (χ1) is 20.5. The molecule has 0 bridgehead atoms. The average Bonchev–Trinajstić information content (AvgIpc) is 2.99. The standard InChI is InChI=1S/C32H30BrClO9/c1-18-4-10-21(11-5-18)30(36)41-26-24(17-39-25(35)16-34)40-29(33)28(43-32(38)23-14-8-20(3)9-15-23)27(26)42-31(37)22-12-6-19(2)7-13-22/h4-15,24,26-29H,16-17H2,1-3H3/t24-,26-,27+,28-,29+/m1/s1. The number of ether oxygens (including phenoxy) is 5. The third-order valence-electron chi connectivity index (χ3n) is 6.69. The molecule has 1 aliphatic rings. The molecule has 9 nitrogen and oxygen atoms in total. The van der Waals surface area contributed by atoms with E-state index in [1.807, 2.05) is 20.8 Å². The van der Waals surface area contributed by atoms with Crippen molar-refractivity contribution in [3.63, 3.8) is 0 Å². The normalized spacial score (nSPS) is 21.4. The van der Waals surface area contributed by atoms with Crippen molar-refractivity contribution in [3.05, 3.63) is 106 Å². The summed E-state index contributed by atoms with van der Waals surface area (Å²) in [6.07, 6.45) is -5.15. The maximum absolute atomic E-state index is 13.4. The zero-order valence-electron chi connectivity index (χ0n) is 23.7. The van der Waals surface area contributed by atoms with E-state index in [0.29, 0.717) is 0 Å². The van der Waals surface area contributed by atoms with Crippen LogP contribution < -0.4 is 0 Å². The minimum absolute atomic E-state index is 0.222. The van der Waals surface area contributed by atoms with Crippen LogP contribution in [0.5, 0.6) is 0 Å². The lowest BCUT2D eigenvalue weighted by molar-refractivity contribution is -0.209. The highest BCUT2D eigenvalue weighted by Gasteiger charge is 2.52. The van der Waals surface area contributed by atoms with Gasteiger partial charge in [0.05, 0.1) is 16.7 Å². The van der Waals surface area contributed by atoms with Crippen molar-refractivity contribution in [1.29, 1.82) is 0 Å². The molecule has 5 atom stereocenters. The fraction of sp³-hybridized carbons (Fsp3) is 0.312. The number of aryl methyl sites for hydroxylation is 3. The predicted octanol–water partition coefficient (Wildman–Crippen LogP) is 5.49. The second-order valence-electron chi connectivity index (χ2n) is 10.1. The summed E-state index contributed by atoms with van der Waals surface area (Å²) < 4.78 is 28.8. The first-order valence-electron chi connectivity index (χ1n) is 13.4. The molecule has 0 radical (unpaired) electrons. The van der Waals surface area contributed by atoms with Crippen LogP contribution in [0.15, 0.2) is 72.8 Å². The van der Waals surface area contributed by atoms with E-state index < -0.39 is 65.8 Å². The van der Waals surface area contributed by atoms with Gasteiger partial charge in [0.1, 0.15) is 18.6 Å². The Bertz CT molecular complexity index is 1440. The molecule has 3 aromatic rings. The van der Waals surface area contributed by atoms with Crippen LogP contribution in [0.3, 0.4) is 0 Å². The molecule has 0 aliphatic carbocycles. The number of carbonyl (C=O) groups excluding carboxylic acids is 4. The molecule has 11 heteroatoms. The Labute approximate surface area is 262 Å². The fourth-order valence-electron chi connectivity index (χ4n) is 4.26. The molecule has 1 aliphatic heterocycles. The zero-order valence-corrected chi connectivity index (χ0v) is 26.0. The van der Waals surface area contributed by atoms with E-state index in [4.69, 9.17) is 35.3 Å². The van der Waals surface area contributed by atoms with Crippen molar-refractivity contribution >= 4 is 51.4 Å². The molecule has 0 saturated carbocycles. The first kappa shape index (κ1) is 32.2. The Kier molecular flexibility index (Phi) is 11.0. The van der Waals surface area contributed by atoms with Crippen molar-refractivity contribution in [2.24, 2.45) is 0 Å². The van der Waals surface area contributed by atoms with Gasteiger partial charge in [-0.1, -0.05) is 69.0 Å². The summed E-state index contributed by atoms with van der Waals surface area (Å²) >= 11 is 8.98. The third kappa shape index (κ3) is 8.43. The fourth-order valence-corrected chi connectivity index (χ4v) is 5.02. The lowest BCUT2D eigenvalue weighted by atomic mass is 9.98. The number of hydrogen-bond acceptors (Lipinski definition) is 9. The van der Waals surface area contributed by atoms with Crippen LogP contribution in [-0.2, 0) is 28.5 Å². The van der Waals surface area contributed by atoms with Gasteiger partial charge in [-0.25, -0.2) is 14.4 Å². The van der Waals surface area contributed by atoms with Crippen LogP contribution in [-0.4, -0.2) is 65.8 Å². The van der Waals surface area contributed by atoms with Crippen LogP contribution in [0, 0.1) is 20.8 Å². The largest absolute Gasteiger partial charge is 0.462 e. The second-order valence-corrected chi connectivity index (χ2v) is 11.2. The molecule has 3 aromatic carbocycles. The molecule has 1 fully saturated rings. The summed E-state index contributed by atoms with van der Waals surface area (Å²) in [6, 6.07) is 20.0. The molecular formula is C32H30BrClO9. The predicted molar refractivity (Wildman–Crippen MR) is 160 cm³/mol. The van der Waals surface area contributed by atoms with Gasteiger partial charge in [0, 0.05) is 0 Å². The van der Waals surface area contributed by atoms with Gasteiger partial charge in [-0.2, -0.15) is 0 Å². The van der Waals surface area contributed by atoms with Gasteiger partial charge < -0.3 is 23.7 Å². The molecular weight excluding hydrogens is 644 g/mol. The molecule has 0 amide bonds. The van der Waals surface area contributed by atoms with Gasteiger partial charge in [0.25, 0.3) is 0 Å². The van der Waals surface area contributed by atoms with Gasteiger partial charge >= 0.3 is 23.9 Å². The minimum Gasteiger partial charge on any atom is -0.462 e. The van der Waals surface area contributed by atoms with Gasteiger partial charge in [0.2, 0.25) is 0 Å². The van der Waals surface area contributed by atoms with Crippen molar-refractivity contribution in [2.75, 3.05) is 12.5 Å². The monoisotopic (exact) mass is 672 g/mol. The number of halogens is 2. The number of benzene rings is 3. The van der Waals surface area contributed by atoms with Crippen LogP contribution in [0.1, 0.15) is 47.8 Å². The molecule has 4 rings (SSSR count). The molecule has 0 unspecified atom stereocenters. The van der Waals surface area contributed by atoms with Gasteiger partial charge in [0.15, 0.2) is 23.3 Å². The van der Waals surface area contributed by atoms with Crippen molar-refractivity contribution in [2.45, 2.75) is 50.2 Å². The van der Waals surface area contributed by atoms with E-state index in [9.17, 15) is 19.2 Å². The summed E-state index contributed by atoms with van der Waals surface area (Å²) in [6.45, 7) is 5.23. The number of rotatable bonds is 9. The minimum atomic E-state index is -1.38. The van der Waals surface area contributed by atoms with Crippen LogP contribution in [0.4, 0.5) is 0 Å². The molecule has 43 heavy (non-hydrogen) atoms. The third-order valence-corrected chi connectivity index (χ3v) is 7.64. The van der Waals surface area contributed by atoms with E-state index in [2.05, 4.69) is 15.9 Å². The van der Waals surface area contributed by atoms with Crippen molar-refractivity contribution in [3.8, 4) is 0 Å². The lowest BCUT2D eigenvalue weighted by Crippen LogP contribution is -2.61. The van der Waals surface area contributed by atoms with Gasteiger partial charge in [-0.05, 0) is 57.2 Å². The maximum Gasteiger partial charge on any atom is 0.338 e. The van der Waals surface area contributed by atoms with Gasteiger partial charge in [-0.15, -0.1) is 11.6 Å². The van der Waals surface area contributed by atoms with E-state index >= 15 is 0 Å². The van der Waals surface area contributed by atoms with E-state index in [1.54, 1.807) is 72.8 Å². The highest BCUT2D eigenvalue weighted by Crippen LogP contribution is 2.33. The number of carbonyl (C=O) groups is 4. The highest BCUT2D eigenvalue weighted by molar-refractivity contribution is 9.09. The smallest absolute Gasteiger partial charge is 0.338 e. The quantitative estimate of drug-likeness (QED) is 0.165. The summed E-state index contributed by atoms with van der Waals surface area (Å²) in [7, 11) is 0. The zero-order chi connectivity index (χ0) is 31.1. The highest BCUT2D eigenvalue weighted by atomic mass is 79.9. The van der Waals surface area contributed by atoms with Crippen molar-refractivity contribution in [1.82, 2.24) is 0 Å².